The standard InChI is InChI=1S/C35H42ClN3O5/c1-20-11-12-21(2)26(17-20)31(32(41)38-30-22(3)9-8-10-27(30)36)39(29-18-23(29)4)33(42)28(37-34(43)44-35(5,6)7)19-24-13-15-25(40)16-14-24/h8-17,23,28-29,31,40H,18-19H2,1-7H3,(H,37,43)(H,38,41). The minimum Gasteiger partial charge on any atom is -0.508 e. The Kier molecular flexibility index (Phi) is 9.94. The number of alkyl carbamates (subject to hydrolysis) is 1. The monoisotopic (exact) mass is 619 g/mol. The summed E-state index contributed by atoms with van der Waals surface area (Å²) in [6.07, 6.45) is 0.0998. The molecular weight excluding hydrogens is 578 g/mol. The van der Waals surface area contributed by atoms with Crippen LogP contribution in [0.1, 0.15) is 68.0 Å². The summed E-state index contributed by atoms with van der Waals surface area (Å²) in [5.74, 6) is -0.567. The first kappa shape index (κ1) is 32.9. The number of carbonyl (C=O) groups is 3. The number of phenolic OH excluding ortho intramolecular Hbond substituents is 1. The van der Waals surface area contributed by atoms with Crippen molar-refractivity contribution in [2.24, 2.45) is 5.92 Å². The van der Waals surface area contributed by atoms with Crippen LogP contribution in [0.2, 0.25) is 5.02 Å². The third-order valence-electron chi connectivity index (χ3n) is 7.77. The van der Waals surface area contributed by atoms with Crippen molar-refractivity contribution in [3.05, 3.63) is 93.5 Å². The molecule has 0 aromatic heterocycles. The van der Waals surface area contributed by atoms with Gasteiger partial charge >= 0.3 is 6.09 Å². The molecule has 0 bridgehead atoms. The Morgan fingerprint density at radius 2 is 1.68 bits per heavy atom. The number of para-hydroxylation sites is 1. The number of anilines is 1. The van der Waals surface area contributed by atoms with E-state index in [1.165, 1.54) is 12.1 Å². The van der Waals surface area contributed by atoms with Gasteiger partial charge in [0.2, 0.25) is 5.91 Å². The first-order valence-corrected chi connectivity index (χ1v) is 15.2. The summed E-state index contributed by atoms with van der Waals surface area (Å²) in [5, 5.41) is 16.0. The molecule has 4 atom stereocenters. The minimum atomic E-state index is -1.05. The lowest BCUT2D eigenvalue weighted by atomic mass is 9.95. The zero-order valence-corrected chi connectivity index (χ0v) is 27.2. The number of nitrogens with one attached hydrogen (secondary N) is 2. The highest BCUT2D eigenvalue weighted by Crippen LogP contribution is 2.42. The predicted octanol–water partition coefficient (Wildman–Crippen LogP) is 7.02. The summed E-state index contributed by atoms with van der Waals surface area (Å²) in [4.78, 5) is 43.8. The van der Waals surface area contributed by atoms with Crippen molar-refractivity contribution >= 4 is 35.2 Å². The van der Waals surface area contributed by atoms with Crippen LogP contribution in [0, 0.1) is 26.7 Å². The van der Waals surface area contributed by atoms with E-state index in [9.17, 15) is 19.5 Å². The first-order chi connectivity index (χ1) is 20.6. The average Bonchev–Trinajstić information content (AvgIpc) is 3.65. The number of rotatable bonds is 9. The number of nitrogens with zero attached hydrogens (tertiary/aromatic N) is 1. The zero-order valence-electron chi connectivity index (χ0n) is 26.4. The molecule has 1 aliphatic carbocycles. The maximum Gasteiger partial charge on any atom is 0.408 e. The summed E-state index contributed by atoms with van der Waals surface area (Å²) in [6, 6.07) is 15.4. The van der Waals surface area contributed by atoms with Gasteiger partial charge in [0.05, 0.1) is 10.7 Å². The Balaban J connectivity index is 1.81. The normalized spacial score (nSPS) is 17.3. The van der Waals surface area contributed by atoms with E-state index in [4.69, 9.17) is 16.3 Å². The summed E-state index contributed by atoms with van der Waals surface area (Å²) < 4.78 is 5.53. The number of phenols is 1. The Labute approximate surface area is 264 Å². The SMILES string of the molecule is Cc1ccc(C)c(C(C(=O)Nc2c(C)cccc2Cl)N(C(=O)C(Cc2ccc(O)cc2)NC(=O)OC(C)(C)C)C2CC2C)c1. The van der Waals surface area contributed by atoms with Gasteiger partial charge in [0.15, 0.2) is 0 Å². The maximum absolute atomic E-state index is 14.7. The molecule has 1 saturated carbocycles. The second-order valence-electron chi connectivity index (χ2n) is 12.8. The molecule has 4 unspecified atom stereocenters. The van der Waals surface area contributed by atoms with Gasteiger partial charge in [-0.05, 0) is 94.3 Å². The van der Waals surface area contributed by atoms with Crippen LogP contribution in [0.3, 0.4) is 0 Å². The molecule has 44 heavy (non-hydrogen) atoms. The third-order valence-corrected chi connectivity index (χ3v) is 8.08. The van der Waals surface area contributed by atoms with Gasteiger partial charge in [-0.3, -0.25) is 9.59 Å². The quantitative estimate of drug-likeness (QED) is 0.238. The second-order valence-corrected chi connectivity index (χ2v) is 13.2. The highest BCUT2D eigenvalue weighted by Gasteiger charge is 2.48. The Bertz CT molecular complexity index is 1510. The van der Waals surface area contributed by atoms with Crippen LogP contribution in [0.15, 0.2) is 60.7 Å². The molecule has 234 valence electrons. The molecule has 0 radical (unpaired) electrons. The van der Waals surface area contributed by atoms with Gasteiger partial charge in [-0.2, -0.15) is 0 Å². The fourth-order valence-electron chi connectivity index (χ4n) is 5.32. The average molecular weight is 620 g/mol. The van der Waals surface area contributed by atoms with Crippen LogP contribution < -0.4 is 10.6 Å². The summed E-state index contributed by atoms with van der Waals surface area (Å²) >= 11 is 6.51. The lowest BCUT2D eigenvalue weighted by Gasteiger charge is -2.36. The second kappa shape index (κ2) is 13.3. The van der Waals surface area contributed by atoms with E-state index in [0.29, 0.717) is 22.7 Å². The van der Waals surface area contributed by atoms with Crippen LogP contribution in [-0.2, 0) is 20.7 Å². The van der Waals surface area contributed by atoms with Gasteiger partial charge in [-0.25, -0.2) is 4.79 Å². The van der Waals surface area contributed by atoms with E-state index in [2.05, 4.69) is 10.6 Å². The minimum absolute atomic E-state index is 0.0895. The topological polar surface area (TPSA) is 108 Å². The van der Waals surface area contributed by atoms with Crippen molar-refractivity contribution in [1.82, 2.24) is 10.2 Å². The molecule has 4 rings (SSSR count). The van der Waals surface area contributed by atoms with E-state index >= 15 is 0 Å². The highest BCUT2D eigenvalue weighted by atomic mass is 35.5. The predicted molar refractivity (Wildman–Crippen MR) is 173 cm³/mol. The molecule has 3 aromatic carbocycles. The molecule has 1 fully saturated rings. The van der Waals surface area contributed by atoms with Gasteiger partial charge in [-0.1, -0.05) is 66.6 Å². The largest absolute Gasteiger partial charge is 0.508 e. The molecule has 0 heterocycles. The number of amides is 3. The van der Waals surface area contributed by atoms with Crippen molar-refractivity contribution in [2.45, 2.75) is 85.0 Å². The number of ether oxygens (including phenoxy) is 1. The van der Waals surface area contributed by atoms with Crippen molar-refractivity contribution in [2.75, 3.05) is 5.32 Å². The van der Waals surface area contributed by atoms with Crippen molar-refractivity contribution in [3.63, 3.8) is 0 Å². The van der Waals surface area contributed by atoms with Crippen molar-refractivity contribution in [3.8, 4) is 5.75 Å². The van der Waals surface area contributed by atoms with Gasteiger partial charge < -0.3 is 25.4 Å². The number of hydrogen-bond donors (Lipinski definition) is 3. The summed E-state index contributed by atoms with van der Waals surface area (Å²) in [5.41, 5.74) is 3.71. The molecule has 0 aliphatic heterocycles. The van der Waals surface area contributed by atoms with E-state index in [0.717, 1.165) is 22.3 Å². The number of hydrogen-bond acceptors (Lipinski definition) is 5. The van der Waals surface area contributed by atoms with Crippen molar-refractivity contribution in [1.29, 1.82) is 0 Å². The Hall–Kier alpha value is -4.04. The zero-order chi connectivity index (χ0) is 32.3. The maximum atomic E-state index is 14.7. The molecule has 8 nitrogen and oxygen atoms in total. The fraction of sp³-hybridized carbons (Fsp3) is 0.400. The first-order valence-electron chi connectivity index (χ1n) is 14.9. The van der Waals surface area contributed by atoms with Crippen LogP contribution in [0.5, 0.6) is 5.75 Å². The molecule has 1 aliphatic rings. The molecule has 3 N–H and O–H groups in total. The van der Waals surface area contributed by atoms with Crippen molar-refractivity contribution < 1.29 is 24.2 Å². The molecule has 9 heteroatoms. The van der Waals surface area contributed by atoms with E-state index < -0.39 is 35.6 Å². The summed E-state index contributed by atoms with van der Waals surface area (Å²) in [6.45, 7) is 13.0. The van der Waals surface area contributed by atoms with E-state index in [1.54, 1.807) is 43.9 Å². The number of aromatic hydroxyl groups is 1. The molecular formula is C35H42ClN3O5. The third kappa shape index (κ3) is 8.11. The van der Waals surface area contributed by atoms with Gasteiger partial charge in [0.1, 0.15) is 23.4 Å². The summed E-state index contributed by atoms with van der Waals surface area (Å²) in [7, 11) is 0. The fourth-order valence-corrected chi connectivity index (χ4v) is 5.59. The molecule has 3 aromatic rings. The smallest absolute Gasteiger partial charge is 0.408 e. The van der Waals surface area contributed by atoms with Gasteiger partial charge in [-0.15, -0.1) is 0 Å². The lowest BCUT2D eigenvalue weighted by Crippen LogP contribution is -2.54. The molecule has 0 saturated heterocycles. The van der Waals surface area contributed by atoms with E-state index in [1.807, 2.05) is 58.0 Å². The van der Waals surface area contributed by atoms with Gasteiger partial charge in [0, 0.05) is 12.5 Å². The Morgan fingerprint density at radius 1 is 1.02 bits per heavy atom. The molecule has 0 spiro atoms. The molecule has 3 amide bonds. The van der Waals surface area contributed by atoms with Crippen LogP contribution in [0.4, 0.5) is 10.5 Å². The number of halogens is 1. The van der Waals surface area contributed by atoms with Crippen LogP contribution in [0.25, 0.3) is 0 Å². The Morgan fingerprint density at radius 3 is 2.27 bits per heavy atom. The lowest BCUT2D eigenvalue weighted by molar-refractivity contribution is -0.141. The van der Waals surface area contributed by atoms with E-state index in [-0.39, 0.29) is 24.1 Å². The highest BCUT2D eigenvalue weighted by molar-refractivity contribution is 6.34. The van der Waals surface area contributed by atoms with Crippen LogP contribution in [-0.4, -0.2) is 45.6 Å². The number of carbonyl (C=O) groups excluding carboxylic acids is 3. The number of aryl methyl sites for hydroxylation is 3. The number of benzene rings is 3. The van der Waals surface area contributed by atoms with Gasteiger partial charge in [0.25, 0.3) is 5.91 Å². The van der Waals surface area contributed by atoms with Crippen LogP contribution >= 0.6 is 11.6 Å².